The third kappa shape index (κ3) is 3.27. The van der Waals surface area contributed by atoms with Crippen molar-refractivity contribution in [2.75, 3.05) is 19.6 Å². The summed E-state index contributed by atoms with van der Waals surface area (Å²) in [5, 5.41) is 2.84. The van der Waals surface area contributed by atoms with E-state index in [1.807, 2.05) is 30.0 Å². The van der Waals surface area contributed by atoms with E-state index >= 15 is 0 Å². The molecular weight excluding hydrogens is 304 g/mol. The average Bonchev–Trinajstić information content (AvgIpc) is 2.79. The molecule has 0 bridgehead atoms. The van der Waals surface area contributed by atoms with Gasteiger partial charge in [0, 0.05) is 25.8 Å². The van der Waals surface area contributed by atoms with Crippen LogP contribution in [0.25, 0.3) is 5.52 Å². The van der Waals surface area contributed by atoms with Crippen molar-refractivity contribution in [2.45, 2.75) is 39.0 Å². The van der Waals surface area contributed by atoms with Crippen molar-refractivity contribution in [1.82, 2.24) is 19.6 Å². The monoisotopic (exact) mass is 328 g/mol. The maximum atomic E-state index is 12.9. The molecule has 0 atom stereocenters. The lowest BCUT2D eigenvalue weighted by Gasteiger charge is -2.19. The molecule has 0 saturated carbocycles. The van der Waals surface area contributed by atoms with E-state index in [0.29, 0.717) is 23.6 Å². The minimum atomic E-state index is -0.226. The largest absolute Gasteiger partial charge is 0.351 e. The fraction of sp³-hybridized carbons (Fsp3) is 0.500. The molecule has 6 nitrogen and oxygen atoms in total. The van der Waals surface area contributed by atoms with Gasteiger partial charge >= 0.3 is 0 Å². The van der Waals surface area contributed by atoms with Crippen LogP contribution in [0.15, 0.2) is 24.4 Å². The van der Waals surface area contributed by atoms with Crippen molar-refractivity contribution in [2.24, 2.45) is 0 Å². The number of pyridine rings is 1. The first-order chi connectivity index (χ1) is 11.7. The molecule has 3 heterocycles. The first kappa shape index (κ1) is 16.5. The van der Waals surface area contributed by atoms with Crippen LogP contribution in [0.3, 0.4) is 0 Å². The molecule has 0 unspecified atom stereocenters. The standard InChI is InChI=1S/C18H24N4O2/c1-2-10-19-17(23)15-14-9-5-8-13-22(14)16(20-15)18(24)21-11-6-3-4-7-12-21/h5,8-9,13H,2-4,6-7,10-12H2,1H3,(H,19,23). The quantitative estimate of drug-likeness (QED) is 0.937. The Morgan fingerprint density at radius 1 is 1.17 bits per heavy atom. The second kappa shape index (κ2) is 7.47. The second-order valence-corrected chi connectivity index (χ2v) is 6.20. The smallest absolute Gasteiger partial charge is 0.290 e. The Labute approximate surface area is 141 Å². The van der Waals surface area contributed by atoms with Gasteiger partial charge in [-0.2, -0.15) is 0 Å². The van der Waals surface area contributed by atoms with Gasteiger partial charge in [0.05, 0.1) is 5.52 Å². The van der Waals surface area contributed by atoms with Crippen LogP contribution in [-0.4, -0.2) is 45.7 Å². The fourth-order valence-electron chi connectivity index (χ4n) is 3.09. The molecule has 0 spiro atoms. The number of aromatic nitrogens is 2. The molecule has 0 aromatic carbocycles. The Bertz CT molecular complexity index is 730. The molecular formula is C18H24N4O2. The number of hydrogen-bond donors (Lipinski definition) is 1. The summed E-state index contributed by atoms with van der Waals surface area (Å²) in [6.07, 6.45) is 7.03. The summed E-state index contributed by atoms with van der Waals surface area (Å²) < 4.78 is 1.73. The number of carbonyl (C=O) groups is 2. The predicted molar refractivity (Wildman–Crippen MR) is 92.2 cm³/mol. The van der Waals surface area contributed by atoms with Crippen molar-refractivity contribution in [1.29, 1.82) is 0 Å². The lowest BCUT2D eigenvalue weighted by molar-refractivity contribution is 0.0748. The third-order valence-corrected chi connectivity index (χ3v) is 4.38. The van der Waals surface area contributed by atoms with E-state index < -0.39 is 0 Å². The molecule has 128 valence electrons. The first-order valence-corrected chi connectivity index (χ1v) is 8.77. The van der Waals surface area contributed by atoms with E-state index in [2.05, 4.69) is 10.3 Å². The Balaban J connectivity index is 1.95. The predicted octanol–water partition coefficient (Wildman–Crippen LogP) is 2.49. The SMILES string of the molecule is CCCNC(=O)c1nc(C(=O)N2CCCCCC2)n2ccccc12. The van der Waals surface area contributed by atoms with Crippen LogP contribution in [0.5, 0.6) is 0 Å². The summed E-state index contributed by atoms with van der Waals surface area (Å²) in [7, 11) is 0. The highest BCUT2D eigenvalue weighted by molar-refractivity contribution is 6.02. The van der Waals surface area contributed by atoms with Crippen LogP contribution in [0.1, 0.15) is 60.1 Å². The minimum absolute atomic E-state index is 0.0901. The van der Waals surface area contributed by atoms with Gasteiger partial charge in [0.25, 0.3) is 11.8 Å². The van der Waals surface area contributed by atoms with Gasteiger partial charge in [-0.3, -0.25) is 14.0 Å². The molecule has 2 aromatic rings. The first-order valence-electron chi connectivity index (χ1n) is 8.77. The number of carbonyl (C=O) groups excluding carboxylic acids is 2. The lowest BCUT2D eigenvalue weighted by atomic mass is 10.2. The molecule has 0 aliphatic carbocycles. The highest BCUT2D eigenvalue weighted by Crippen LogP contribution is 2.17. The number of nitrogens with one attached hydrogen (secondary N) is 1. The van der Waals surface area contributed by atoms with Crippen molar-refractivity contribution in [3.05, 3.63) is 35.9 Å². The van der Waals surface area contributed by atoms with Gasteiger partial charge in [-0.15, -0.1) is 0 Å². The highest BCUT2D eigenvalue weighted by Gasteiger charge is 2.25. The van der Waals surface area contributed by atoms with Crippen LogP contribution >= 0.6 is 0 Å². The maximum Gasteiger partial charge on any atom is 0.290 e. The van der Waals surface area contributed by atoms with Gasteiger partial charge in [-0.25, -0.2) is 4.98 Å². The molecule has 1 aliphatic heterocycles. The summed E-state index contributed by atoms with van der Waals surface area (Å²) in [4.78, 5) is 31.6. The van der Waals surface area contributed by atoms with E-state index in [-0.39, 0.29) is 11.8 Å². The van der Waals surface area contributed by atoms with Crippen molar-refractivity contribution in [3.63, 3.8) is 0 Å². The van der Waals surface area contributed by atoms with Gasteiger partial charge in [0.2, 0.25) is 5.82 Å². The summed E-state index contributed by atoms with van der Waals surface area (Å²) >= 11 is 0. The van der Waals surface area contributed by atoms with Gasteiger partial charge in [0.15, 0.2) is 5.69 Å². The summed E-state index contributed by atoms with van der Waals surface area (Å²) in [6, 6.07) is 5.53. The number of imidazole rings is 1. The molecule has 1 N–H and O–H groups in total. The zero-order chi connectivity index (χ0) is 16.9. The number of fused-ring (bicyclic) bond motifs is 1. The normalized spacial score (nSPS) is 15.3. The minimum Gasteiger partial charge on any atom is -0.351 e. The molecule has 24 heavy (non-hydrogen) atoms. The third-order valence-electron chi connectivity index (χ3n) is 4.38. The van der Waals surface area contributed by atoms with Gasteiger partial charge in [0.1, 0.15) is 0 Å². The van der Waals surface area contributed by atoms with Gasteiger partial charge in [-0.05, 0) is 31.4 Å². The van der Waals surface area contributed by atoms with Crippen LogP contribution in [-0.2, 0) is 0 Å². The van der Waals surface area contributed by atoms with E-state index in [1.54, 1.807) is 10.6 Å². The molecule has 2 aromatic heterocycles. The molecule has 1 saturated heterocycles. The van der Waals surface area contributed by atoms with Crippen LogP contribution in [0, 0.1) is 0 Å². The second-order valence-electron chi connectivity index (χ2n) is 6.20. The number of rotatable bonds is 4. The number of hydrogen-bond acceptors (Lipinski definition) is 3. The number of amides is 2. The van der Waals surface area contributed by atoms with Crippen molar-refractivity contribution >= 4 is 17.3 Å². The Hall–Kier alpha value is -2.37. The van der Waals surface area contributed by atoms with E-state index in [9.17, 15) is 9.59 Å². The molecule has 1 aliphatic rings. The summed E-state index contributed by atoms with van der Waals surface area (Å²) in [6.45, 7) is 4.12. The number of nitrogens with zero attached hydrogens (tertiary/aromatic N) is 3. The molecule has 3 rings (SSSR count). The average molecular weight is 328 g/mol. The van der Waals surface area contributed by atoms with Crippen LogP contribution < -0.4 is 5.32 Å². The Kier molecular flexibility index (Phi) is 5.13. The number of likely N-dealkylation sites (tertiary alicyclic amines) is 1. The van der Waals surface area contributed by atoms with E-state index in [0.717, 1.165) is 45.2 Å². The zero-order valence-electron chi connectivity index (χ0n) is 14.1. The van der Waals surface area contributed by atoms with Crippen molar-refractivity contribution < 1.29 is 9.59 Å². The Morgan fingerprint density at radius 2 is 1.92 bits per heavy atom. The molecule has 0 radical (unpaired) electrons. The topological polar surface area (TPSA) is 66.7 Å². The highest BCUT2D eigenvalue weighted by atomic mass is 16.2. The molecule has 2 amide bonds. The van der Waals surface area contributed by atoms with Crippen molar-refractivity contribution in [3.8, 4) is 0 Å². The summed E-state index contributed by atoms with van der Waals surface area (Å²) in [5.41, 5.74) is 0.992. The zero-order valence-corrected chi connectivity index (χ0v) is 14.1. The van der Waals surface area contributed by atoms with Crippen LogP contribution in [0.2, 0.25) is 0 Å². The maximum absolute atomic E-state index is 12.9. The van der Waals surface area contributed by atoms with E-state index in [1.165, 1.54) is 0 Å². The fourth-order valence-corrected chi connectivity index (χ4v) is 3.09. The van der Waals surface area contributed by atoms with E-state index in [4.69, 9.17) is 0 Å². The van der Waals surface area contributed by atoms with Gasteiger partial charge in [-0.1, -0.05) is 25.8 Å². The molecule has 6 heteroatoms. The van der Waals surface area contributed by atoms with Gasteiger partial charge < -0.3 is 10.2 Å². The summed E-state index contributed by atoms with van der Waals surface area (Å²) in [5.74, 6) is 0.0113. The Morgan fingerprint density at radius 3 is 2.62 bits per heavy atom. The lowest BCUT2D eigenvalue weighted by Crippen LogP contribution is -2.33. The molecule has 1 fully saturated rings. The van der Waals surface area contributed by atoms with Crippen LogP contribution in [0.4, 0.5) is 0 Å².